The van der Waals surface area contributed by atoms with Crippen LogP contribution in [0.25, 0.3) is 0 Å². The lowest BCUT2D eigenvalue weighted by molar-refractivity contribution is -0.143. The zero-order valence-corrected chi connectivity index (χ0v) is 20.7. The molecule has 0 spiro atoms. The van der Waals surface area contributed by atoms with Gasteiger partial charge in [-0.1, -0.05) is 11.6 Å². The molecule has 2 aromatic carbocycles. The van der Waals surface area contributed by atoms with Crippen molar-refractivity contribution in [3.05, 3.63) is 58.1 Å². The highest BCUT2D eigenvalue weighted by atomic mass is 35.5. The number of carboxylic acids is 1. The van der Waals surface area contributed by atoms with Gasteiger partial charge in [-0.3, -0.25) is 14.4 Å². The molecule has 0 radical (unpaired) electrons. The minimum atomic E-state index is -0.741. The molecule has 0 unspecified atom stereocenters. The van der Waals surface area contributed by atoms with Gasteiger partial charge in [-0.05, 0) is 81.5 Å². The van der Waals surface area contributed by atoms with Crippen LogP contribution in [-0.4, -0.2) is 48.7 Å². The minimum absolute atomic E-state index is 0.0152. The number of benzene rings is 2. The molecule has 188 valence electrons. The molecule has 0 atom stereocenters. The van der Waals surface area contributed by atoms with Crippen LogP contribution >= 0.6 is 11.6 Å². The first-order valence-electron chi connectivity index (χ1n) is 11.8. The van der Waals surface area contributed by atoms with Crippen molar-refractivity contribution < 1.29 is 29.0 Å². The lowest BCUT2D eigenvalue weighted by atomic mass is 9.87. The molecular weight excluding hydrogens is 472 g/mol. The molecule has 2 amide bonds. The van der Waals surface area contributed by atoms with Gasteiger partial charge in [0.25, 0.3) is 11.8 Å². The summed E-state index contributed by atoms with van der Waals surface area (Å²) in [5.74, 6) is -0.371. The van der Waals surface area contributed by atoms with Crippen LogP contribution in [0.4, 0.5) is 0 Å². The van der Waals surface area contributed by atoms with Crippen molar-refractivity contribution in [1.82, 2.24) is 10.6 Å². The summed E-state index contributed by atoms with van der Waals surface area (Å²) in [6.45, 7) is 4.69. The smallest absolute Gasteiger partial charge is 0.306 e. The number of aryl methyl sites for hydroxylation is 1. The zero-order chi connectivity index (χ0) is 25.4. The van der Waals surface area contributed by atoms with E-state index in [0.717, 1.165) is 5.56 Å². The average Bonchev–Trinajstić information content (AvgIpc) is 2.83. The summed E-state index contributed by atoms with van der Waals surface area (Å²) in [5.41, 5.74) is 1.71. The Morgan fingerprint density at radius 2 is 1.69 bits per heavy atom. The van der Waals surface area contributed by atoms with Crippen LogP contribution in [0.3, 0.4) is 0 Å². The van der Waals surface area contributed by atoms with Gasteiger partial charge in [0, 0.05) is 24.2 Å². The molecule has 0 heterocycles. The number of halogens is 1. The highest BCUT2D eigenvalue weighted by Crippen LogP contribution is 2.29. The molecule has 1 aliphatic carbocycles. The second kappa shape index (κ2) is 12.4. The fourth-order valence-corrected chi connectivity index (χ4v) is 4.28. The number of ether oxygens (including phenoxy) is 2. The summed E-state index contributed by atoms with van der Waals surface area (Å²) in [5, 5.41) is 15.0. The molecule has 1 fully saturated rings. The molecule has 0 saturated heterocycles. The highest BCUT2D eigenvalue weighted by Gasteiger charge is 2.27. The Bertz CT molecular complexity index is 1070. The minimum Gasteiger partial charge on any atom is -0.492 e. The van der Waals surface area contributed by atoms with Crippen molar-refractivity contribution in [3.8, 4) is 11.5 Å². The third kappa shape index (κ3) is 7.36. The molecule has 0 bridgehead atoms. The molecule has 2 aromatic rings. The van der Waals surface area contributed by atoms with Gasteiger partial charge in [-0.15, -0.1) is 0 Å². The van der Waals surface area contributed by atoms with E-state index in [1.165, 1.54) is 0 Å². The fraction of sp³-hybridized carbons (Fsp3) is 0.423. The maximum Gasteiger partial charge on any atom is 0.306 e. The van der Waals surface area contributed by atoms with E-state index in [1.54, 1.807) is 30.3 Å². The van der Waals surface area contributed by atoms with E-state index < -0.39 is 5.97 Å². The van der Waals surface area contributed by atoms with Crippen LogP contribution < -0.4 is 20.1 Å². The van der Waals surface area contributed by atoms with Crippen LogP contribution in [0, 0.1) is 12.8 Å². The maximum absolute atomic E-state index is 12.6. The zero-order valence-electron chi connectivity index (χ0n) is 19.9. The molecule has 3 rings (SSSR count). The van der Waals surface area contributed by atoms with Gasteiger partial charge in [-0.25, -0.2) is 0 Å². The van der Waals surface area contributed by atoms with Crippen LogP contribution in [0.2, 0.25) is 5.02 Å². The number of amides is 2. The molecule has 0 aromatic heterocycles. The van der Waals surface area contributed by atoms with Crippen LogP contribution in [-0.2, 0) is 4.79 Å². The third-order valence-electron chi connectivity index (χ3n) is 5.96. The van der Waals surface area contributed by atoms with E-state index in [1.807, 2.05) is 19.9 Å². The number of nitrogens with one attached hydrogen (secondary N) is 2. The third-order valence-corrected chi connectivity index (χ3v) is 6.25. The van der Waals surface area contributed by atoms with Crippen molar-refractivity contribution in [2.45, 2.75) is 45.6 Å². The van der Waals surface area contributed by atoms with Gasteiger partial charge < -0.3 is 25.2 Å². The molecule has 1 aliphatic rings. The van der Waals surface area contributed by atoms with Gasteiger partial charge in [0.2, 0.25) is 0 Å². The van der Waals surface area contributed by atoms with E-state index >= 15 is 0 Å². The van der Waals surface area contributed by atoms with Gasteiger partial charge in [0.15, 0.2) is 0 Å². The van der Waals surface area contributed by atoms with Crippen LogP contribution in [0.15, 0.2) is 36.4 Å². The monoisotopic (exact) mass is 502 g/mol. The van der Waals surface area contributed by atoms with Crippen LogP contribution in [0.5, 0.6) is 11.5 Å². The van der Waals surface area contributed by atoms with Gasteiger partial charge in [0.1, 0.15) is 11.5 Å². The molecule has 1 saturated carbocycles. The molecule has 8 nitrogen and oxygen atoms in total. The molecule has 3 N–H and O–H groups in total. The van der Waals surface area contributed by atoms with E-state index in [0.29, 0.717) is 59.9 Å². The summed E-state index contributed by atoms with van der Waals surface area (Å²) < 4.78 is 11.4. The van der Waals surface area contributed by atoms with Crippen LogP contribution in [0.1, 0.15) is 58.9 Å². The first kappa shape index (κ1) is 26.3. The number of hydrogen-bond donors (Lipinski definition) is 3. The Hall–Kier alpha value is -3.26. The first-order chi connectivity index (χ1) is 16.8. The van der Waals surface area contributed by atoms with E-state index in [9.17, 15) is 14.4 Å². The van der Waals surface area contributed by atoms with Crippen molar-refractivity contribution >= 4 is 29.4 Å². The summed E-state index contributed by atoms with van der Waals surface area (Å²) in [6.07, 6.45) is 2.61. The Morgan fingerprint density at radius 1 is 1.00 bits per heavy atom. The van der Waals surface area contributed by atoms with Crippen molar-refractivity contribution in [2.75, 3.05) is 19.7 Å². The normalized spacial score (nSPS) is 17.3. The molecule has 0 aliphatic heterocycles. The average molecular weight is 503 g/mol. The number of aliphatic carboxylic acids is 1. The Labute approximate surface area is 210 Å². The highest BCUT2D eigenvalue weighted by molar-refractivity contribution is 6.32. The van der Waals surface area contributed by atoms with Gasteiger partial charge >= 0.3 is 5.97 Å². The second-order valence-electron chi connectivity index (χ2n) is 8.50. The largest absolute Gasteiger partial charge is 0.492 e. The van der Waals surface area contributed by atoms with E-state index in [2.05, 4.69) is 10.6 Å². The van der Waals surface area contributed by atoms with E-state index in [4.69, 9.17) is 26.2 Å². The van der Waals surface area contributed by atoms with Crippen molar-refractivity contribution in [2.24, 2.45) is 5.92 Å². The van der Waals surface area contributed by atoms with Crippen molar-refractivity contribution in [3.63, 3.8) is 0 Å². The van der Waals surface area contributed by atoms with E-state index in [-0.39, 0.29) is 36.9 Å². The predicted molar refractivity (Wildman–Crippen MR) is 132 cm³/mol. The molecular formula is C26H31ClN2O6. The Morgan fingerprint density at radius 3 is 2.29 bits per heavy atom. The van der Waals surface area contributed by atoms with Crippen molar-refractivity contribution in [1.29, 1.82) is 0 Å². The molecule has 35 heavy (non-hydrogen) atoms. The standard InChI is InChI=1S/C26H31ClN2O6/c1-3-34-23-11-6-18(15-22(23)27)24(30)28-12-13-29-25(31)21-10-9-20(14-16(21)2)35-19-7-4-17(5-8-19)26(32)33/h6,9-11,14-15,17,19H,3-5,7-8,12-13H2,1-2H3,(H,28,30)(H,29,31)(H,32,33). The number of carbonyl (C=O) groups excluding carboxylic acids is 2. The number of carboxylic acid groups (broad SMARTS) is 1. The SMILES string of the molecule is CCOc1ccc(C(=O)NCCNC(=O)c2ccc(OC3CCC(C(=O)O)CC3)cc2C)cc1Cl. The maximum atomic E-state index is 12.6. The summed E-state index contributed by atoms with van der Waals surface area (Å²) in [7, 11) is 0. The quantitative estimate of drug-likeness (QED) is 0.419. The Balaban J connectivity index is 1.44. The molecule has 9 heteroatoms. The lowest BCUT2D eigenvalue weighted by Crippen LogP contribution is -2.35. The number of carbonyl (C=O) groups is 3. The number of rotatable bonds is 10. The topological polar surface area (TPSA) is 114 Å². The first-order valence-corrected chi connectivity index (χ1v) is 12.1. The lowest BCUT2D eigenvalue weighted by Gasteiger charge is -2.27. The Kier molecular flexibility index (Phi) is 9.37. The summed E-state index contributed by atoms with van der Waals surface area (Å²) in [4.78, 5) is 36.0. The summed E-state index contributed by atoms with van der Waals surface area (Å²) >= 11 is 6.13. The predicted octanol–water partition coefficient (Wildman–Crippen LogP) is 4.23. The second-order valence-corrected chi connectivity index (χ2v) is 8.90. The fourth-order valence-electron chi connectivity index (χ4n) is 4.05. The number of hydrogen-bond acceptors (Lipinski definition) is 5. The summed E-state index contributed by atoms with van der Waals surface area (Å²) in [6, 6.07) is 10.1. The van der Waals surface area contributed by atoms with Gasteiger partial charge in [-0.2, -0.15) is 0 Å². The van der Waals surface area contributed by atoms with Gasteiger partial charge in [0.05, 0.1) is 23.7 Å².